The van der Waals surface area contributed by atoms with E-state index in [4.69, 9.17) is 9.47 Å². The highest BCUT2D eigenvalue weighted by atomic mass is 31.2. The predicted octanol–water partition coefficient (Wildman–Crippen LogP) is 14.1. The molecule has 0 spiro atoms. The first-order valence-corrected chi connectivity index (χ1v) is 30.1. The topological polar surface area (TPSA) is 24.9 Å². The summed E-state index contributed by atoms with van der Waals surface area (Å²) in [6, 6.07) is 106. The smallest absolute Gasteiger partial charge is 0.121 e. The molecule has 0 aromatic heterocycles. The summed E-state index contributed by atoms with van der Waals surface area (Å²) < 4.78 is 18.6. The van der Waals surface area contributed by atoms with Crippen LogP contribution in [0.2, 0.25) is 0 Å². The summed E-state index contributed by atoms with van der Waals surface area (Å²) in [6.07, 6.45) is 2.83. The second-order valence-corrected chi connectivity index (χ2v) is 26.1. The lowest BCUT2D eigenvalue weighted by atomic mass is 10.2. The summed E-state index contributed by atoms with van der Waals surface area (Å²) in [5, 5.41) is 10.4. The maximum atomic E-state index is 6.62. The van der Waals surface area contributed by atoms with Crippen LogP contribution in [0.5, 0.6) is 11.5 Å². The summed E-state index contributed by atoms with van der Waals surface area (Å²) in [4.78, 5) is 0. The van der Waals surface area contributed by atoms with Crippen molar-refractivity contribution < 1.29 is 9.47 Å². The lowest BCUT2D eigenvalue weighted by Gasteiger charge is -2.40. The molecule has 73 heavy (non-hydrogen) atoms. The van der Waals surface area contributed by atoms with Crippen molar-refractivity contribution >= 4 is 86.1 Å². The summed E-state index contributed by atoms with van der Waals surface area (Å²) in [5.74, 6) is 1.76. The first-order chi connectivity index (χ1) is 36.3. The van der Waals surface area contributed by atoms with Gasteiger partial charge in [0.05, 0.1) is 45.5 Å². The van der Waals surface area contributed by atoms with Gasteiger partial charge in [-0.2, -0.15) is 0 Å². The van der Waals surface area contributed by atoms with Gasteiger partial charge in [0.15, 0.2) is 0 Å². The highest BCUT2D eigenvalue weighted by Crippen LogP contribution is 2.59. The molecular weight excluding hydrogens is 965 g/mol. The van der Waals surface area contributed by atoms with E-state index in [9.17, 15) is 0 Å². The number of benzene rings is 10. The lowest BCUT2D eigenvalue weighted by molar-refractivity contribution is 0.279. The summed E-state index contributed by atoms with van der Waals surface area (Å²) >= 11 is 0. The van der Waals surface area contributed by atoms with E-state index in [1.165, 1.54) is 42.4 Å². The van der Waals surface area contributed by atoms with Crippen molar-refractivity contribution in [2.45, 2.75) is 19.3 Å². The van der Waals surface area contributed by atoms with Crippen LogP contribution in [0.3, 0.4) is 0 Å². The van der Waals surface area contributed by atoms with Gasteiger partial charge in [-0.15, -0.1) is 0 Å². The molecule has 0 unspecified atom stereocenters. The Morgan fingerprint density at radius 1 is 0.233 bits per heavy atom. The number of unbranched alkanes of at least 4 members (excludes halogenated alkanes) is 2. The third-order valence-electron chi connectivity index (χ3n) is 12.2. The summed E-state index contributed by atoms with van der Waals surface area (Å²) in [6.45, 7) is 1.24. The van der Waals surface area contributed by atoms with E-state index in [-0.39, 0.29) is 0 Å². The van der Waals surface area contributed by atoms with Crippen molar-refractivity contribution in [1.29, 1.82) is 0 Å². The van der Waals surface area contributed by atoms with Gasteiger partial charge in [0.25, 0.3) is 0 Å². The minimum absolute atomic E-state index is 0.622. The van der Waals surface area contributed by atoms with Crippen molar-refractivity contribution in [3.63, 3.8) is 0 Å². The molecule has 0 aliphatic heterocycles. The van der Waals surface area contributed by atoms with Crippen LogP contribution in [0.15, 0.2) is 291 Å². The van der Waals surface area contributed by atoms with E-state index in [2.05, 4.69) is 300 Å². The van der Waals surface area contributed by atoms with Gasteiger partial charge in [0.1, 0.15) is 11.5 Å². The fraction of sp³-hybridized carbons (Fsp3) is 0.0769. The van der Waals surface area contributed by atoms with Crippen LogP contribution < -0.4 is 60.8 Å². The van der Waals surface area contributed by atoms with Crippen LogP contribution in [0.25, 0.3) is 0 Å². The monoisotopic (exact) mass is 1020 g/mol. The number of anilines is 2. The molecule has 0 aliphatic rings. The molecule has 10 rings (SSSR count). The Bertz CT molecular complexity index is 2640. The number of rotatable bonds is 22. The zero-order chi connectivity index (χ0) is 49.3. The molecule has 8 heteroatoms. The van der Waals surface area contributed by atoms with Crippen molar-refractivity contribution in [3.05, 3.63) is 291 Å². The fourth-order valence-electron chi connectivity index (χ4n) is 8.82. The Morgan fingerprint density at radius 3 is 0.671 bits per heavy atom. The van der Waals surface area contributed by atoms with Gasteiger partial charge in [-0.1, -0.05) is 255 Å². The van der Waals surface area contributed by atoms with Gasteiger partial charge in [-0.3, -0.25) is 0 Å². The third-order valence-corrected chi connectivity index (χ3v) is 23.1. The van der Waals surface area contributed by atoms with Crippen LogP contribution in [0.1, 0.15) is 19.3 Å². The van der Waals surface area contributed by atoms with Crippen molar-refractivity contribution in [2.24, 2.45) is 0 Å². The van der Waals surface area contributed by atoms with E-state index in [1.807, 2.05) is 0 Å². The van der Waals surface area contributed by atoms with Gasteiger partial charge in [0.2, 0.25) is 0 Å². The standard InChI is InChI=1S/C65H58N2O2P4/c1-10-34-58(35-11-1)70(59-36-12-2-13-37-59)66(71(60-38-14-3-15-39-60)61-40-16-4-17-41-61)54-30-28-32-56(52-54)68-50-26-9-27-51-69-57-33-29-31-55(53-57)67(72(62-42-18-5-19-43-62)63-44-20-6-21-45-63)73(64-46-22-7-23-47-64)65-48-24-8-25-49-65/h1-8,10-25,28-49,52-53H,9,26-27,50-51H2. The molecule has 0 saturated carbocycles. The molecule has 0 amide bonds. The first-order valence-electron chi connectivity index (χ1n) is 24.9. The minimum atomic E-state index is -0.996. The van der Waals surface area contributed by atoms with Gasteiger partial charge in [0, 0.05) is 65.9 Å². The molecule has 0 radical (unpaired) electrons. The van der Waals surface area contributed by atoms with Gasteiger partial charge < -0.3 is 18.4 Å². The maximum Gasteiger partial charge on any atom is 0.121 e. The van der Waals surface area contributed by atoms with Crippen LogP contribution in [0, 0.1) is 0 Å². The Kier molecular flexibility index (Phi) is 17.5. The largest absolute Gasteiger partial charge is 0.494 e. The maximum absolute atomic E-state index is 6.62. The number of hydrogen-bond acceptors (Lipinski definition) is 4. The molecule has 0 bridgehead atoms. The van der Waals surface area contributed by atoms with E-state index in [0.717, 1.165) is 42.1 Å². The Morgan fingerprint density at radius 2 is 0.452 bits per heavy atom. The quantitative estimate of drug-likeness (QED) is 0.0499. The average molecular weight is 1020 g/mol. The second kappa shape index (κ2) is 25.7. The normalized spacial score (nSPS) is 11.2. The lowest BCUT2D eigenvalue weighted by Crippen LogP contribution is -2.31. The average Bonchev–Trinajstić information content (AvgIpc) is 3.47. The Balaban J connectivity index is 0.864. The van der Waals surface area contributed by atoms with Gasteiger partial charge in [-0.25, -0.2) is 0 Å². The molecule has 0 saturated heterocycles. The highest BCUT2D eigenvalue weighted by Gasteiger charge is 2.34. The molecule has 0 aliphatic carbocycles. The number of hydrogen-bond donors (Lipinski definition) is 0. The van der Waals surface area contributed by atoms with Gasteiger partial charge in [-0.05, 0) is 43.5 Å². The summed E-state index contributed by atoms with van der Waals surface area (Å²) in [7, 11) is -3.98. The molecule has 10 aromatic rings. The SMILES string of the molecule is c1ccc(P(c2ccccc2)N(c2cccc(OCCCCCOc3cccc(N(P(c4ccccc4)c4ccccc4)P(c4ccccc4)c4ccccc4)c3)c2)P(c2ccccc2)c2ccccc2)cc1. The number of nitrogens with zero attached hydrogens (tertiary/aromatic N) is 2. The zero-order valence-electron chi connectivity index (χ0n) is 40.7. The number of ether oxygens (including phenoxy) is 2. The van der Waals surface area contributed by atoms with E-state index in [0.29, 0.717) is 13.2 Å². The molecule has 0 N–H and O–H groups in total. The van der Waals surface area contributed by atoms with Crippen molar-refractivity contribution in [2.75, 3.05) is 22.1 Å². The van der Waals surface area contributed by atoms with Crippen molar-refractivity contribution in [3.8, 4) is 11.5 Å². The first kappa shape index (κ1) is 49.7. The Hall–Kier alpha value is -6.88. The van der Waals surface area contributed by atoms with E-state index < -0.39 is 32.3 Å². The van der Waals surface area contributed by atoms with Crippen LogP contribution >= 0.6 is 32.3 Å². The third kappa shape index (κ3) is 12.7. The molecule has 4 nitrogen and oxygen atoms in total. The van der Waals surface area contributed by atoms with Crippen LogP contribution in [-0.2, 0) is 0 Å². The molecule has 360 valence electrons. The molecule has 0 fully saturated rings. The van der Waals surface area contributed by atoms with Crippen LogP contribution in [0.4, 0.5) is 11.4 Å². The molecule has 0 atom stereocenters. The molecule has 10 aromatic carbocycles. The summed E-state index contributed by atoms with van der Waals surface area (Å²) in [5.41, 5.74) is 2.29. The van der Waals surface area contributed by atoms with Crippen molar-refractivity contribution in [1.82, 2.24) is 0 Å². The Labute approximate surface area is 437 Å². The highest BCUT2D eigenvalue weighted by molar-refractivity contribution is 7.91. The van der Waals surface area contributed by atoms with Crippen LogP contribution in [-0.4, -0.2) is 13.2 Å². The second-order valence-electron chi connectivity index (χ2n) is 17.3. The fourth-order valence-corrected chi connectivity index (χ4v) is 20.7. The minimum Gasteiger partial charge on any atom is -0.494 e. The predicted molar refractivity (Wildman–Crippen MR) is 319 cm³/mol. The van der Waals surface area contributed by atoms with E-state index >= 15 is 0 Å². The molecule has 0 heterocycles. The zero-order valence-corrected chi connectivity index (χ0v) is 44.3. The molecular formula is C65H58N2O2P4. The van der Waals surface area contributed by atoms with E-state index in [1.54, 1.807) is 0 Å². The van der Waals surface area contributed by atoms with Gasteiger partial charge >= 0.3 is 0 Å².